The van der Waals surface area contributed by atoms with Crippen molar-refractivity contribution in [1.29, 1.82) is 0 Å². The highest BCUT2D eigenvalue weighted by molar-refractivity contribution is 5.94. The van der Waals surface area contributed by atoms with E-state index in [1.54, 1.807) is 0 Å². The SMILES string of the molecule is CC1(C)c2cc(N(c3ccc(-c4ccccc4)cc3)c3ccc(-c4cccc(-c5ccccc5)c4)cc3)ccc2-c2cc3ccccc3cc21. The molecule has 0 atom stereocenters. The van der Waals surface area contributed by atoms with E-state index in [1.165, 1.54) is 66.4 Å². The van der Waals surface area contributed by atoms with Gasteiger partial charge in [-0.25, -0.2) is 0 Å². The second kappa shape index (κ2) is 12.1. The Kier molecular flexibility index (Phi) is 7.21. The van der Waals surface area contributed by atoms with E-state index in [0.29, 0.717) is 0 Å². The molecule has 238 valence electrons. The lowest BCUT2D eigenvalue weighted by molar-refractivity contribution is 0.661. The van der Waals surface area contributed by atoms with Crippen LogP contribution in [0.4, 0.5) is 17.1 Å². The van der Waals surface area contributed by atoms with E-state index in [4.69, 9.17) is 0 Å². The Balaban J connectivity index is 1.14. The summed E-state index contributed by atoms with van der Waals surface area (Å²) in [4.78, 5) is 2.40. The zero-order valence-corrected chi connectivity index (χ0v) is 28.3. The Labute approximate surface area is 294 Å². The molecule has 9 rings (SSSR count). The monoisotopic (exact) mass is 639 g/mol. The lowest BCUT2D eigenvalue weighted by atomic mass is 9.81. The van der Waals surface area contributed by atoms with Crippen LogP contribution in [0.3, 0.4) is 0 Å². The van der Waals surface area contributed by atoms with Gasteiger partial charge in [0.1, 0.15) is 0 Å². The molecule has 0 spiro atoms. The summed E-state index contributed by atoms with van der Waals surface area (Å²) in [5.74, 6) is 0. The summed E-state index contributed by atoms with van der Waals surface area (Å²) in [6.45, 7) is 4.74. The minimum atomic E-state index is -0.124. The molecule has 0 N–H and O–H groups in total. The van der Waals surface area contributed by atoms with Crippen LogP contribution in [0.5, 0.6) is 0 Å². The highest BCUT2D eigenvalue weighted by Crippen LogP contribution is 2.51. The van der Waals surface area contributed by atoms with Gasteiger partial charge in [0.25, 0.3) is 0 Å². The van der Waals surface area contributed by atoms with Crippen molar-refractivity contribution in [3.8, 4) is 44.5 Å². The standard InChI is InChI=1S/C49H37N/c1-49(2)47-32-41-17-10-9-16-40(41)31-46(47)45-29-28-44(33-48(45)49)50(42-24-20-36(21-25-42)34-12-5-3-6-13-34)43-26-22-37(23-27-43)39-19-11-18-38(30-39)35-14-7-4-8-15-35/h3-33H,1-2H3. The van der Waals surface area contributed by atoms with Crippen molar-refractivity contribution in [3.05, 3.63) is 199 Å². The van der Waals surface area contributed by atoms with Crippen molar-refractivity contribution in [2.75, 3.05) is 4.90 Å². The van der Waals surface area contributed by atoms with Crippen LogP contribution in [-0.2, 0) is 5.41 Å². The van der Waals surface area contributed by atoms with E-state index in [1.807, 2.05) is 0 Å². The number of anilines is 3. The molecule has 0 amide bonds. The molecule has 1 nitrogen and oxygen atoms in total. The molecule has 0 unspecified atom stereocenters. The molecule has 1 heteroatoms. The molecule has 0 saturated heterocycles. The maximum atomic E-state index is 2.42. The number of rotatable bonds is 6. The Morgan fingerprint density at radius 3 is 1.36 bits per heavy atom. The van der Waals surface area contributed by atoms with Gasteiger partial charge in [-0.2, -0.15) is 0 Å². The van der Waals surface area contributed by atoms with Gasteiger partial charge in [-0.1, -0.05) is 147 Å². The van der Waals surface area contributed by atoms with Gasteiger partial charge in [-0.15, -0.1) is 0 Å². The second-order valence-corrected chi connectivity index (χ2v) is 13.8. The van der Waals surface area contributed by atoms with Crippen molar-refractivity contribution in [3.63, 3.8) is 0 Å². The fourth-order valence-electron chi connectivity index (χ4n) is 7.74. The van der Waals surface area contributed by atoms with E-state index in [0.717, 1.165) is 17.1 Å². The Morgan fingerprint density at radius 2 is 0.760 bits per heavy atom. The van der Waals surface area contributed by atoms with Crippen LogP contribution < -0.4 is 4.90 Å². The van der Waals surface area contributed by atoms with Crippen molar-refractivity contribution in [2.45, 2.75) is 19.3 Å². The van der Waals surface area contributed by atoms with Crippen LogP contribution in [0.1, 0.15) is 25.0 Å². The number of hydrogen-bond donors (Lipinski definition) is 0. The molecule has 8 aromatic carbocycles. The van der Waals surface area contributed by atoms with Crippen molar-refractivity contribution < 1.29 is 0 Å². The van der Waals surface area contributed by atoms with Gasteiger partial charge < -0.3 is 4.90 Å². The predicted molar refractivity (Wildman–Crippen MR) is 213 cm³/mol. The first kappa shape index (κ1) is 29.9. The number of benzene rings is 8. The van der Waals surface area contributed by atoms with Gasteiger partial charge in [-0.05, 0) is 121 Å². The molecule has 0 radical (unpaired) electrons. The molecule has 0 fully saturated rings. The summed E-state index contributed by atoms with van der Waals surface area (Å²) in [5, 5.41) is 2.58. The maximum absolute atomic E-state index is 2.42. The van der Waals surface area contributed by atoms with E-state index < -0.39 is 0 Å². The van der Waals surface area contributed by atoms with Crippen molar-refractivity contribution in [1.82, 2.24) is 0 Å². The molecule has 0 bridgehead atoms. The molecule has 0 saturated carbocycles. The number of nitrogens with zero attached hydrogens (tertiary/aromatic N) is 1. The lowest BCUT2D eigenvalue weighted by Gasteiger charge is -2.28. The van der Waals surface area contributed by atoms with Crippen molar-refractivity contribution in [2.24, 2.45) is 0 Å². The van der Waals surface area contributed by atoms with Gasteiger partial charge in [0.2, 0.25) is 0 Å². The van der Waals surface area contributed by atoms with E-state index >= 15 is 0 Å². The van der Waals surface area contributed by atoms with Gasteiger partial charge in [0.05, 0.1) is 0 Å². The van der Waals surface area contributed by atoms with Crippen LogP contribution in [0, 0.1) is 0 Å². The molecule has 1 aliphatic rings. The summed E-state index contributed by atoms with van der Waals surface area (Å²) in [6.07, 6.45) is 0. The quantitative estimate of drug-likeness (QED) is 0.175. The number of fused-ring (bicyclic) bond motifs is 4. The fourth-order valence-corrected chi connectivity index (χ4v) is 7.74. The van der Waals surface area contributed by atoms with Crippen LogP contribution >= 0.6 is 0 Å². The first-order valence-electron chi connectivity index (χ1n) is 17.4. The van der Waals surface area contributed by atoms with E-state index in [-0.39, 0.29) is 5.41 Å². The molecule has 1 aliphatic carbocycles. The Morgan fingerprint density at radius 1 is 0.320 bits per heavy atom. The molecule has 0 aliphatic heterocycles. The third kappa shape index (κ3) is 5.19. The maximum Gasteiger partial charge on any atom is 0.0465 e. The topological polar surface area (TPSA) is 3.24 Å². The minimum absolute atomic E-state index is 0.124. The average molecular weight is 640 g/mol. The van der Waals surface area contributed by atoms with Crippen LogP contribution in [-0.4, -0.2) is 0 Å². The first-order valence-corrected chi connectivity index (χ1v) is 17.4. The molecular weight excluding hydrogens is 603 g/mol. The molecule has 50 heavy (non-hydrogen) atoms. The van der Waals surface area contributed by atoms with Gasteiger partial charge in [0, 0.05) is 22.5 Å². The normalized spacial score (nSPS) is 12.8. The van der Waals surface area contributed by atoms with Gasteiger partial charge in [-0.3, -0.25) is 0 Å². The van der Waals surface area contributed by atoms with Crippen LogP contribution in [0.15, 0.2) is 188 Å². The highest BCUT2D eigenvalue weighted by atomic mass is 15.1. The number of hydrogen-bond acceptors (Lipinski definition) is 1. The summed E-state index contributed by atoms with van der Waals surface area (Å²) < 4.78 is 0. The third-order valence-electron chi connectivity index (χ3n) is 10.4. The molecule has 8 aromatic rings. The zero-order valence-electron chi connectivity index (χ0n) is 28.3. The van der Waals surface area contributed by atoms with E-state index in [2.05, 4.69) is 207 Å². The minimum Gasteiger partial charge on any atom is -0.310 e. The fraction of sp³-hybridized carbons (Fsp3) is 0.0612. The largest absolute Gasteiger partial charge is 0.310 e. The third-order valence-corrected chi connectivity index (χ3v) is 10.4. The van der Waals surface area contributed by atoms with Crippen LogP contribution in [0.2, 0.25) is 0 Å². The summed E-state index contributed by atoms with van der Waals surface area (Å²) >= 11 is 0. The molecule has 0 heterocycles. The lowest BCUT2D eigenvalue weighted by Crippen LogP contribution is -2.16. The molecular formula is C49H37N. The van der Waals surface area contributed by atoms with Gasteiger partial charge >= 0.3 is 0 Å². The van der Waals surface area contributed by atoms with E-state index in [9.17, 15) is 0 Å². The Bertz CT molecular complexity index is 2470. The predicted octanol–water partition coefficient (Wildman–Crippen LogP) is 13.6. The zero-order chi connectivity index (χ0) is 33.7. The van der Waals surface area contributed by atoms with Gasteiger partial charge in [0.15, 0.2) is 0 Å². The Hall–Kier alpha value is -6.18. The molecule has 0 aromatic heterocycles. The highest BCUT2D eigenvalue weighted by Gasteiger charge is 2.36. The summed E-state index contributed by atoms with van der Waals surface area (Å²) in [6, 6.07) is 68.5. The van der Waals surface area contributed by atoms with Crippen LogP contribution in [0.25, 0.3) is 55.3 Å². The summed E-state index contributed by atoms with van der Waals surface area (Å²) in [5.41, 5.74) is 16.0. The average Bonchev–Trinajstić information content (AvgIpc) is 3.40. The summed E-state index contributed by atoms with van der Waals surface area (Å²) in [7, 11) is 0. The second-order valence-electron chi connectivity index (χ2n) is 13.8. The smallest absolute Gasteiger partial charge is 0.0465 e. The van der Waals surface area contributed by atoms with Crippen molar-refractivity contribution >= 4 is 27.8 Å². The first-order chi connectivity index (χ1) is 24.5.